The van der Waals surface area contributed by atoms with E-state index in [9.17, 15) is 14.6 Å². The molecule has 1 saturated carbocycles. The minimum atomic E-state index is -0.864. The third kappa shape index (κ3) is 5.68. The normalized spacial score (nSPS) is 28.9. The van der Waals surface area contributed by atoms with E-state index < -0.39 is 11.2 Å². The van der Waals surface area contributed by atoms with Crippen molar-refractivity contribution in [2.45, 2.75) is 70.5 Å². The van der Waals surface area contributed by atoms with Crippen molar-refractivity contribution in [2.24, 2.45) is 11.3 Å². The molecule has 1 aliphatic carbocycles. The summed E-state index contributed by atoms with van der Waals surface area (Å²) >= 11 is 0. The first-order valence-corrected chi connectivity index (χ1v) is 10.6. The second-order valence-electron chi connectivity index (χ2n) is 10.1. The molecule has 1 aliphatic heterocycles. The first-order chi connectivity index (χ1) is 13.1. The van der Waals surface area contributed by atoms with Crippen LogP contribution < -0.4 is 4.74 Å². The predicted octanol–water partition coefficient (Wildman–Crippen LogP) is 4.00. The molecular weight excluding hydrogens is 357 g/mol. The molecule has 1 aromatic carbocycles. The summed E-state index contributed by atoms with van der Waals surface area (Å²) in [5, 5.41) is 21.9. The minimum absolute atomic E-state index is 0.212. The lowest BCUT2D eigenvalue weighted by Gasteiger charge is -2.45. The largest absolute Gasteiger partial charge is 0.491 e. The van der Waals surface area contributed by atoms with E-state index in [0.29, 0.717) is 36.5 Å². The van der Waals surface area contributed by atoms with E-state index in [1.165, 1.54) is 12.1 Å². The van der Waals surface area contributed by atoms with Gasteiger partial charge in [-0.05, 0) is 74.1 Å². The van der Waals surface area contributed by atoms with Gasteiger partial charge in [-0.2, -0.15) is 0 Å². The summed E-state index contributed by atoms with van der Waals surface area (Å²) in [6.07, 6.45) is 5.14. The number of hydrogen-bond donors (Lipinski definition) is 2. The predicted molar refractivity (Wildman–Crippen MR) is 109 cm³/mol. The number of nitrogens with zero attached hydrogens (tertiary/aromatic N) is 1. The topological polar surface area (TPSA) is 52.9 Å². The number of halogens is 1. The molecule has 158 valence electrons. The van der Waals surface area contributed by atoms with Gasteiger partial charge in [-0.1, -0.05) is 20.8 Å². The summed E-state index contributed by atoms with van der Waals surface area (Å²) < 4.78 is 18.6. The highest BCUT2D eigenvalue weighted by Gasteiger charge is 2.40. The lowest BCUT2D eigenvalue weighted by atomic mass is 9.68. The lowest BCUT2D eigenvalue weighted by molar-refractivity contribution is -0.0844. The highest BCUT2D eigenvalue weighted by Crippen LogP contribution is 2.42. The molecular formula is C23H36FNO3. The van der Waals surface area contributed by atoms with E-state index in [2.05, 4.69) is 25.7 Å². The van der Waals surface area contributed by atoms with Gasteiger partial charge in [0.25, 0.3) is 0 Å². The molecule has 1 aromatic rings. The van der Waals surface area contributed by atoms with Gasteiger partial charge in [0.15, 0.2) is 0 Å². The Bertz CT molecular complexity index is 624. The minimum Gasteiger partial charge on any atom is -0.491 e. The van der Waals surface area contributed by atoms with Crippen LogP contribution in [-0.4, -0.2) is 52.6 Å². The van der Waals surface area contributed by atoms with Gasteiger partial charge in [0, 0.05) is 19.6 Å². The van der Waals surface area contributed by atoms with Crippen LogP contribution in [0.5, 0.6) is 5.75 Å². The van der Waals surface area contributed by atoms with E-state index in [0.717, 1.165) is 38.8 Å². The number of aliphatic hydroxyl groups is 2. The highest BCUT2D eigenvalue weighted by atomic mass is 19.1. The first kappa shape index (κ1) is 21.5. The molecule has 0 bridgehead atoms. The van der Waals surface area contributed by atoms with E-state index in [-0.39, 0.29) is 12.4 Å². The molecule has 0 radical (unpaired) electrons. The lowest BCUT2D eigenvalue weighted by Crippen LogP contribution is -2.53. The summed E-state index contributed by atoms with van der Waals surface area (Å²) in [5.74, 6) is 0.957. The van der Waals surface area contributed by atoms with E-state index >= 15 is 0 Å². The average Bonchev–Trinajstić information content (AvgIpc) is 2.63. The average molecular weight is 394 g/mol. The van der Waals surface area contributed by atoms with Gasteiger partial charge in [0.2, 0.25) is 0 Å². The molecule has 2 fully saturated rings. The Morgan fingerprint density at radius 2 is 1.57 bits per heavy atom. The first-order valence-electron chi connectivity index (χ1n) is 10.6. The zero-order chi connectivity index (χ0) is 20.4. The molecule has 0 atom stereocenters. The summed E-state index contributed by atoms with van der Waals surface area (Å²) in [7, 11) is 0. The van der Waals surface area contributed by atoms with Crippen molar-refractivity contribution in [3.05, 3.63) is 30.1 Å². The number of ether oxygens (including phenoxy) is 1. The molecule has 0 spiro atoms. The van der Waals surface area contributed by atoms with Gasteiger partial charge in [0.05, 0.1) is 5.60 Å². The second-order valence-corrected chi connectivity index (χ2v) is 10.1. The Kier molecular flexibility index (Phi) is 6.38. The van der Waals surface area contributed by atoms with Crippen LogP contribution in [-0.2, 0) is 0 Å². The fourth-order valence-corrected chi connectivity index (χ4v) is 4.62. The van der Waals surface area contributed by atoms with Crippen LogP contribution in [0.1, 0.15) is 59.3 Å². The number of benzene rings is 1. The van der Waals surface area contributed by atoms with Crippen molar-refractivity contribution in [1.29, 1.82) is 0 Å². The molecule has 2 aliphatic rings. The van der Waals surface area contributed by atoms with Gasteiger partial charge in [-0.15, -0.1) is 0 Å². The second kappa shape index (κ2) is 8.29. The summed E-state index contributed by atoms with van der Waals surface area (Å²) in [5.41, 5.74) is -1.15. The van der Waals surface area contributed by atoms with Gasteiger partial charge < -0.3 is 19.8 Å². The van der Waals surface area contributed by atoms with Gasteiger partial charge in [0.1, 0.15) is 23.8 Å². The maximum atomic E-state index is 13.0. The van der Waals surface area contributed by atoms with Crippen LogP contribution >= 0.6 is 0 Å². The number of likely N-dealkylation sites (tertiary alicyclic amines) is 1. The fourth-order valence-electron chi connectivity index (χ4n) is 4.62. The van der Waals surface area contributed by atoms with Crippen LogP contribution in [0.25, 0.3) is 0 Å². The van der Waals surface area contributed by atoms with Crippen molar-refractivity contribution in [3.8, 4) is 5.75 Å². The van der Waals surface area contributed by atoms with E-state index in [1.54, 1.807) is 12.1 Å². The Hall–Kier alpha value is -1.17. The maximum Gasteiger partial charge on any atom is 0.123 e. The van der Waals surface area contributed by atoms with Crippen molar-refractivity contribution in [2.75, 3.05) is 26.2 Å². The molecule has 4 nitrogen and oxygen atoms in total. The van der Waals surface area contributed by atoms with Crippen LogP contribution in [0.3, 0.4) is 0 Å². The monoisotopic (exact) mass is 393 g/mol. The van der Waals surface area contributed by atoms with Crippen LogP contribution in [0.2, 0.25) is 0 Å². The number of piperidine rings is 1. The molecule has 1 saturated heterocycles. The molecule has 1 heterocycles. The molecule has 28 heavy (non-hydrogen) atoms. The molecule has 5 heteroatoms. The Morgan fingerprint density at radius 3 is 2.11 bits per heavy atom. The van der Waals surface area contributed by atoms with Crippen molar-refractivity contribution >= 4 is 0 Å². The molecule has 0 amide bonds. The zero-order valence-electron chi connectivity index (χ0n) is 17.6. The highest BCUT2D eigenvalue weighted by molar-refractivity contribution is 5.22. The SMILES string of the molecule is CC(C)(C)C1CCC(O)(CN2CCC(O)(COc3ccc(F)cc3)CC2)CC1. The Balaban J connectivity index is 1.44. The van der Waals surface area contributed by atoms with Crippen molar-refractivity contribution in [1.82, 2.24) is 4.90 Å². The molecule has 2 N–H and O–H groups in total. The Labute approximate surface area is 168 Å². The van der Waals surface area contributed by atoms with Gasteiger partial charge >= 0.3 is 0 Å². The third-order valence-electron chi connectivity index (χ3n) is 6.77. The smallest absolute Gasteiger partial charge is 0.123 e. The standard InChI is InChI=1S/C23H36FNO3/c1-21(2,3)18-8-10-22(26,11-9-18)16-25-14-12-23(27,13-15-25)17-28-20-6-4-19(24)5-7-20/h4-7,18,26-27H,8-17H2,1-3H3. The van der Waals surface area contributed by atoms with Crippen molar-refractivity contribution < 1.29 is 19.3 Å². The van der Waals surface area contributed by atoms with Crippen LogP contribution in [0.15, 0.2) is 24.3 Å². The Morgan fingerprint density at radius 1 is 1.00 bits per heavy atom. The number of rotatable bonds is 5. The summed E-state index contributed by atoms with van der Waals surface area (Å²) in [4.78, 5) is 2.28. The quantitative estimate of drug-likeness (QED) is 0.794. The van der Waals surface area contributed by atoms with E-state index in [1.807, 2.05) is 0 Å². The molecule has 0 unspecified atom stereocenters. The molecule has 3 rings (SSSR count). The number of hydrogen-bond acceptors (Lipinski definition) is 4. The zero-order valence-corrected chi connectivity index (χ0v) is 17.6. The van der Waals surface area contributed by atoms with Gasteiger partial charge in [-0.25, -0.2) is 4.39 Å². The molecule has 0 aromatic heterocycles. The summed E-state index contributed by atoms with van der Waals surface area (Å²) in [6.45, 7) is 9.30. The van der Waals surface area contributed by atoms with Crippen LogP contribution in [0.4, 0.5) is 4.39 Å². The number of β-amino-alcohol motifs (C(OH)–C–C–N with tert-alkyl or cyclic N) is 1. The van der Waals surface area contributed by atoms with E-state index in [4.69, 9.17) is 4.74 Å². The third-order valence-corrected chi connectivity index (χ3v) is 6.77. The van der Waals surface area contributed by atoms with Crippen molar-refractivity contribution in [3.63, 3.8) is 0 Å². The van der Waals surface area contributed by atoms with Crippen LogP contribution in [0, 0.1) is 17.2 Å². The van der Waals surface area contributed by atoms with Gasteiger partial charge in [-0.3, -0.25) is 0 Å². The maximum absolute atomic E-state index is 13.0. The fraction of sp³-hybridized carbons (Fsp3) is 0.739. The summed E-state index contributed by atoms with van der Waals surface area (Å²) in [6, 6.07) is 5.88.